The van der Waals surface area contributed by atoms with Gasteiger partial charge in [-0.15, -0.1) is 0 Å². The molecule has 104 valence electrons. The van der Waals surface area contributed by atoms with Crippen LogP contribution in [0.5, 0.6) is 0 Å². The lowest BCUT2D eigenvalue weighted by Crippen LogP contribution is -2.23. The number of halogens is 1. The number of aromatic nitrogens is 2. The number of amides is 1. The van der Waals surface area contributed by atoms with Crippen molar-refractivity contribution in [1.82, 2.24) is 15.6 Å². The topological polar surface area (TPSA) is 90.1 Å². The summed E-state index contributed by atoms with van der Waals surface area (Å²) in [5, 5.41) is 9.49. The minimum Gasteiger partial charge on any atom is -0.302 e. The molecule has 0 spiro atoms. The molecule has 0 unspecified atom stereocenters. The second-order valence-electron chi connectivity index (χ2n) is 4.21. The predicted octanol–water partition coefficient (Wildman–Crippen LogP) is 1.36. The molecule has 1 amide bonds. The molecular formula is C13H13ClN4O2. The van der Waals surface area contributed by atoms with Crippen LogP contribution in [0, 0.1) is 6.92 Å². The molecule has 6 nitrogen and oxygen atoms in total. The fraction of sp³-hybridized carbons (Fsp3) is 0.154. The van der Waals surface area contributed by atoms with Gasteiger partial charge in [0.1, 0.15) is 0 Å². The van der Waals surface area contributed by atoms with Gasteiger partial charge >= 0.3 is 0 Å². The van der Waals surface area contributed by atoms with E-state index < -0.39 is 0 Å². The number of rotatable bonds is 4. The Morgan fingerprint density at radius 2 is 2.25 bits per heavy atom. The number of carbonyl (C=O) groups is 1. The standard InChI is InChI=1S/C13H13ClN4O2/c1-8-11(13(20)18-16-8)6-12(19)17-15-7-9-3-2-4-10(14)5-9/h2-5,7H,6H2,1H3,(H,17,19)(H2,16,18,20). The lowest BCUT2D eigenvalue weighted by atomic mass is 10.2. The van der Waals surface area contributed by atoms with Crippen molar-refractivity contribution < 1.29 is 4.79 Å². The number of hydrogen-bond acceptors (Lipinski definition) is 3. The maximum Gasteiger partial charge on any atom is 0.267 e. The van der Waals surface area contributed by atoms with E-state index in [1.54, 1.807) is 25.1 Å². The third kappa shape index (κ3) is 3.58. The molecule has 0 saturated carbocycles. The Balaban J connectivity index is 1.94. The summed E-state index contributed by atoms with van der Waals surface area (Å²) in [5.41, 5.74) is 3.89. The summed E-state index contributed by atoms with van der Waals surface area (Å²) in [4.78, 5) is 23.0. The molecule has 2 rings (SSSR count). The van der Waals surface area contributed by atoms with Gasteiger partial charge in [-0.1, -0.05) is 23.7 Å². The fourth-order valence-corrected chi connectivity index (χ4v) is 1.85. The van der Waals surface area contributed by atoms with E-state index in [9.17, 15) is 9.59 Å². The fourth-order valence-electron chi connectivity index (χ4n) is 1.65. The summed E-state index contributed by atoms with van der Waals surface area (Å²) >= 11 is 5.83. The van der Waals surface area contributed by atoms with Crippen LogP contribution in [0.3, 0.4) is 0 Å². The van der Waals surface area contributed by atoms with Gasteiger partial charge in [0.25, 0.3) is 5.56 Å². The number of hydrogen-bond donors (Lipinski definition) is 3. The Morgan fingerprint density at radius 3 is 2.90 bits per heavy atom. The Labute approximate surface area is 119 Å². The van der Waals surface area contributed by atoms with Gasteiger partial charge in [0.2, 0.25) is 5.91 Å². The number of nitrogens with one attached hydrogen (secondary N) is 3. The van der Waals surface area contributed by atoms with Crippen LogP contribution in [0.1, 0.15) is 16.8 Å². The van der Waals surface area contributed by atoms with E-state index in [0.29, 0.717) is 16.3 Å². The molecule has 1 aromatic heterocycles. The van der Waals surface area contributed by atoms with E-state index in [-0.39, 0.29) is 17.9 Å². The Bertz CT molecular complexity index is 702. The number of hydrazone groups is 1. The van der Waals surface area contributed by atoms with Gasteiger partial charge in [0, 0.05) is 16.3 Å². The summed E-state index contributed by atoms with van der Waals surface area (Å²) in [5.74, 6) is -0.364. The van der Waals surface area contributed by atoms with E-state index in [2.05, 4.69) is 20.7 Å². The van der Waals surface area contributed by atoms with Crippen LogP contribution >= 0.6 is 11.6 Å². The summed E-state index contributed by atoms with van der Waals surface area (Å²) < 4.78 is 0. The van der Waals surface area contributed by atoms with Crippen molar-refractivity contribution >= 4 is 23.7 Å². The number of nitrogens with zero attached hydrogens (tertiary/aromatic N) is 1. The van der Waals surface area contributed by atoms with Crippen molar-refractivity contribution in [2.75, 3.05) is 0 Å². The van der Waals surface area contributed by atoms with Crippen molar-refractivity contribution in [1.29, 1.82) is 0 Å². The first-order chi connectivity index (χ1) is 9.56. The number of aryl methyl sites for hydroxylation is 1. The molecule has 20 heavy (non-hydrogen) atoms. The van der Waals surface area contributed by atoms with Crippen molar-refractivity contribution in [3.63, 3.8) is 0 Å². The highest BCUT2D eigenvalue weighted by atomic mass is 35.5. The highest BCUT2D eigenvalue weighted by Crippen LogP contribution is 2.08. The Kier molecular flexibility index (Phi) is 4.37. The average Bonchev–Trinajstić information content (AvgIpc) is 2.71. The molecule has 0 fully saturated rings. The van der Waals surface area contributed by atoms with Gasteiger partial charge in [-0.05, 0) is 24.6 Å². The van der Waals surface area contributed by atoms with Crippen molar-refractivity contribution in [2.24, 2.45) is 5.10 Å². The molecule has 0 aliphatic carbocycles. The highest BCUT2D eigenvalue weighted by molar-refractivity contribution is 6.30. The van der Waals surface area contributed by atoms with Gasteiger partial charge in [0.05, 0.1) is 12.6 Å². The minimum atomic E-state index is -0.364. The smallest absolute Gasteiger partial charge is 0.267 e. The SMILES string of the molecule is Cc1[nH][nH]c(=O)c1CC(=O)NN=Cc1cccc(Cl)c1. The highest BCUT2D eigenvalue weighted by Gasteiger charge is 2.10. The second kappa shape index (κ2) is 6.21. The lowest BCUT2D eigenvalue weighted by molar-refractivity contribution is -0.120. The molecule has 2 aromatic rings. The van der Waals surface area contributed by atoms with E-state index in [1.165, 1.54) is 6.21 Å². The van der Waals surface area contributed by atoms with E-state index >= 15 is 0 Å². The first-order valence-corrected chi connectivity index (χ1v) is 6.27. The molecule has 0 aliphatic rings. The minimum absolute atomic E-state index is 0.0302. The molecule has 0 radical (unpaired) electrons. The van der Waals surface area contributed by atoms with Gasteiger partial charge in [0.15, 0.2) is 0 Å². The number of aromatic amines is 2. The third-order valence-corrected chi connectivity index (χ3v) is 2.91. The van der Waals surface area contributed by atoms with E-state index in [0.717, 1.165) is 5.56 Å². The summed E-state index contributed by atoms with van der Waals surface area (Å²) in [6, 6.07) is 7.06. The molecule has 7 heteroatoms. The van der Waals surface area contributed by atoms with Crippen LogP contribution in [0.25, 0.3) is 0 Å². The first kappa shape index (κ1) is 14.1. The number of benzene rings is 1. The molecular weight excluding hydrogens is 280 g/mol. The maximum atomic E-state index is 11.7. The van der Waals surface area contributed by atoms with Crippen molar-refractivity contribution in [3.05, 3.63) is 56.5 Å². The zero-order valence-corrected chi connectivity index (χ0v) is 11.5. The van der Waals surface area contributed by atoms with Crippen LogP contribution in [-0.2, 0) is 11.2 Å². The molecule has 0 bridgehead atoms. The van der Waals surface area contributed by atoms with Crippen LogP contribution in [0.4, 0.5) is 0 Å². The Morgan fingerprint density at radius 1 is 1.45 bits per heavy atom. The molecule has 1 heterocycles. The number of carbonyl (C=O) groups excluding carboxylic acids is 1. The van der Waals surface area contributed by atoms with Crippen LogP contribution in [-0.4, -0.2) is 22.3 Å². The monoisotopic (exact) mass is 292 g/mol. The Hall–Kier alpha value is -2.34. The van der Waals surface area contributed by atoms with Gasteiger partial charge in [-0.2, -0.15) is 5.10 Å². The van der Waals surface area contributed by atoms with Gasteiger partial charge < -0.3 is 5.10 Å². The zero-order chi connectivity index (χ0) is 14.5. The molecule has 1 aromatic carbocycles. The molecule has 0 saturated heterocycles. The zero-order valence-electron chi connectivity index (χ0n) is 10.7. The summed E-state index contributed by atoms with van der Waals surface area (Å²) in [6.45, 7) is 1.72. The normalized spacial score (nSPS) is 10.9. The van der Waals surface area contributed by atoms with E-state index in [1.807, 2.05) is 6.07 Å². The predicted molar refractivity (Wildman–Crippen MR) is 77.0 cm³/mol. The largest absolute Gasteiger partial charge is 0.302 e. The first-order valence-electron chi connectivity index (χ1n) is 5.90. The lowest BCUT2D eigenvalue weighted by Gasteiger charge is -1.98. The quantitative estimate of drug-likeness (QED) is 0.586. The third-order valence-electron chi connectivity index (χ3n) is 2.68. The van der Waals surface area contributed by atoms with Crippen LogP contribution in [0.15, 0.2) is 34.2 Å². The second-order valence-corrected chi connectivity index (χ2v) is 4.64. The summed E-state index contributed by atoms with van der Waals surface area (Å²) in [7, 11) is 0. The van der Waals surface area contributed by atoms with Crippen molar-refractivity contribution in [2.45, 2.75) is 13.3 Å². The summed E-state index contributed by atoms with van der Waals surface area (Å²) in [6.07, 6.45) is 1.45. The molecule has 0 atom stereocenters. The van der Waals surface area contributed by atoms with Crippen molar-refractivity contribution in [3.8, 4) is 0 Å². The van der Waals surface area contributed by atoms with Gasteiger partial charge in [-0.25, -0.2) is 5.43 Å². The van der Waals surface area contributed by atoms with E-state index in [4.69, 9.17) is 11.6 Å². The molecule has 0 aliphatic heterocycles. The average molecular weight is 293 g/mol. The molecule has 3 N–H and O–H groups in total. The van der Waals surface area contributed by atoms with Crippen LogP contribution < -0.4 is 11.0 Å². The van der Waals surface area contributed by atoms with Crippen LogP contribution in [0.2, 0.25) is 5.02 Å². The maximum absolute atomic E-state index is 11.7. The van der Waals surface area contributed by atoms with Gasteiger partial charge in [-0.3, -0.25) is 14.7 Å². The number of H-pyrrole nitrogens is 2.